The Kier molecular flexibility index (Phi) is 4.04. The summed E-state index contributed by atoms with van der Waals surface area (Å²) in [6.07, 6.45) is 3.87. The molecule has 1 aliphatic rings. The maximum absolute atomic E-state index is 10.2. The number of aromatic nitrogens is 2. The van der Waals surface area contributed by atoms with Crippen LogP contribution in [0.4, 0.5) is 0 Å². The van der Waals surface area contributed by atoms with Gasteiger partial charge in [-0.25, -0.2) is 9.97 Å². The van der Waals surface area contributed by atoms with Crippen molar-refractivity contribution in [3.05, 3.63) is 24.3 Å². The number of hydrogen-bond donors (Lipinski definition) is 1. The summed E-state index contributed by atoms with van der Waals surface area (Å²) in [7, 11) is 0. The molecule has 0 bridgehead atoms. The number of nitrogens with zero attached hydrogens (tertiary/aromatic N) is 3. The van der Waals surface area contributed by atoms with E-state index in [9.17, 15) is 5.11 Å². The van der Waals surface area contributed by atoms with Crippen molar-refractivity contribution in [3.63, 3.8) is 0 Å². The van der Waals surface area contributed by atoms with Crippen LogP contribution in [-0.4, -0.2) is 51.8 Å². The molecule has 2 unspecified atom stereocenters. The third-order valence-corrected chi connectivity index (χ3v) is 3.13. The van der Waals surface area contributed by atoms with Crippen molar-refractivity contribution in [2.45, 2.75) is 32.1 Å². The van der Waals surface area contributed by atoms with Crippen molar-refractivity contribution < 1.29 is 9.84 Å². The average molecular weight is 237 g/mol. The Morgan fingerprint density at radius 1 is 1.41 bits per heavy atom. The molecule has 0 spiro atoms. The predicted molar refractivity (Wildman–Crippen MR) is 63.4 cm³/mol. The molecule has 1 aromatic heterocycles. The van der Waals surface area contributed by atoms with Gasteiger partial charge >= 0.3 is 0 Å². The fourth-order valence-corrected chi connectivity index (χ4v) is 2.03. The van der Waals surface area contributed by atoms with E-state index in [4.69, 9.17) is 4.74 Å². The average Bonchev–Trinajstić information content (AvgIpc) is 2.39. The lowest BCUT2D eigenvalue weighted by Crippen LogP contribution is -2.47. The molecule has 5 heteroatoms. The fraction of sp³-hybridized carbons (Fsp3) is 0.667. The minimum Gasteiger partial charge on any atom is -0.386 e. The van der Waals surface area contributed by atoms with Gasteiger partial charge in [-0.2, -0.15) is 0 Å². The molecule has 1 N–H and O–H groups in total. The van der Waals surface area contributed by atoms with Crippen LogP contribution in [-0.2, 0) is 4.74 Å². The van der Waals surface area contributed by atoms with Crippen LogP contribution in [0.2, 0.25) is 0 Å². The molecule has 2 rings (SSSR count). The van der Waals surface area contributed by atoms with Crippen molar-refractivity contribution >= 4 is 0 Å². The SMILES string of the molecule is CC(C)N1CCOC(C(O)c2cncnc2)C1. The monoisotopic (exact) mass is 237 g/mol. The fourth-order valence-electron chi connectivity index (χ4n) is 2.03. The molecule has 2 atom stereocenters. The molecule has 1 fully saturated rings. The van der Waals surface area contributed by atoms with Gasteiger partial charge in [-0.15, -0.1) is 0 Å². The van der Waals surface area contributed by atoms with Gasteiger partial charge in [0.1, 0.15) is 18.5 Å². The van der Waals surface area contributed by atoms with Crippen molar-refractivity contribution in [1.29, 1.82) is 0 Å². The second kappa shape index (κ2) is 5.53. The number of morpholine rings is 1. The molecule has 1 saturated heterocycles. The molecule has 5 nitrogen and oxygen atoms in total. The second-order valence-corrected chi connectivity index (χ2v) is 4.61. The van der Waals surface area contributed by atoms with E-state index in [2.05, 4.69) is 28.7 Å². The molecular formula is C12H19N3O2. The highest BCUT2D eigenvalue weighted by Crippen LogP contribution is 2.21. The van der Waals surface area contributed by atoms with Crippen molar-refractivity contribution in [2.24, 2.45) is 0 Å². The Labute approximate surface area is 101 Å². The first kappa shape index (κ1) is 12.4. The van der Waals surface area contributed by atoms with Crippen LogP contribution in [0.25, 0.3) is 0 Å². The van der Waals surface area contributed by atoms with Crippen molar-refractivity contribution in [2.75, 3.05) is 19.7 Å². The third-order valence-electron chi connectivity index (χ3n) is 3.13. The Morgan fingerprint density at radius 2 is 2.12 bits per heavy atom. The molecule has 0 radical (unpaired) electrons. The van der Waals surface area contributed by atoms with Crippen molar-refractivity contribution in [1.82, 2.24) is 14.9 Å². The smallest absolute Gasteiger partial charge is 0.115 e. The lowest BCUT2D eigenvalue weighted by molar-refractivity contribution is -0.0963. The summed E-state index contributed by atoms with van der Waals surface area (Å²) in [5.41, 5.74) is 0.711. The maximum atomic E-state index is 10.2. The van der Waals surface area contributed by atoms with E-state index in [1.165, 1.54) is 6.33 Å². The number of aliphatic hydroxyl groups excluding tert-OH is 1. The predicted octanol–water partition coefficient (Wildman–Crippen LogP) is 0.619. The van der Waals surface area contributed by atoms with Crippen molar-refractivity contribution in [3.8, 4) is 0 Å². The van der Waals surface area contributed by atoms with Gasteiger partial charge in [0.05, 0.1) is 6.61 Å². The van der Waals surface area contributed by atoms with E-state index in [-0.39, 0.29) is 6.10 Å². The Balaban J connectivity index is 2.02. The first-order chi connectivity index (χ1) is 8.18. The summed E-state index contributed by atoms with van der Waals surface area (Å²) in [6.45, 7) is 6.63. The quantitative estimate of drug-likeness (QED) is 0.835. The van der Waals surface area contributed by atoms with E-state index >= 15 is 0 Å². The molecule has 17 heavy (non-hydrogen) atoms. The zero-order valence-electron chi connectivity index (χ0n) is 10.3. The number of aliphatic hydroxyl groups is 1. The van der Waals surface area contributed by atoms with Crippen LogP contribution in [0, 0.1) is 0 Å². The first-order valence-corrected chi connectivity index (χ1v) is 5.97. The molecule has 2 heterocycles. The standard InChI is InChI=1S/C12H19N3O2/c1-9(2)15-3-4-17-11(7-15)12(16)10-5-13-8-14-6-10/h5-6,8-9,11-12,16H,3-4,7H2,1-2H3. The molecule has 0 aliphatic carbocycles. The number of ether oxygens (including phenoxy) is 1. The first-order valence-electron chi connectivity index (χ1n) is 5.97. The largest absolute Gasteiger partial charge is 0.386 e. The third kappa shape index (κ3) is 3.00. The topological polar surface area (TPSA) is 58.5 Å². The van der Waals surface area contributed by atoms with E-state index in [1.807, 2.05) is 0 Å². The lowest BCUT2D eigenvalue weighted by Gasteiger charge is -2.37. The second-order valence-electron chi connectivity index (χ2n) is 4.61. The Bertz CT molecular complexity index is 345. The van der Waals surface area contributed by atoms with Gasteiger partial charge < -0.3 is 9.84 Å². The van der Waals surface area contributed by atoms with Crippen LogP contribution >= 0.6 is 0 Å². The Hall–Kier alpha value is -1.04. The summed E-state index contributed by atoms with van der Waals surface area (Å²) >= 11 is 0. The number of hydrogen-bond acceptors (Lipinski definition) is 5. The molecule has 1 aromatic rings. The summed E-state index contributed by atoms with van der Waals surface area (Å²) in [5, 5.41) is 10.2. The zero-order valence-corrected chi connectivity index (χ0v) is 10.3. The lowest BCUT2D eigenvalue weighted by atomic mass is 10.1. The van der Waals surface area contributed by atoms with Gasteiger partial charge in [-0.05, 0) is 13.8 Å². The molecular weight excluding hydrogens is 218 g/mol. The van der Waals surface area contributed by atoms with Gasteiger partial charge in [0, 0.05) is 37.1 Å². The van der Waals surface area contributed by atoms with Gasteiger partial charge in [0.2, 0.25) is 0 Å². The van der Waals surface area contributed by atoms with Crippen LogP contribution in [0.3, 0.4) is 0 Å². The van der Waals surface area contributed by atoms with E-state index in [0.717, 1.165) is 13.1 Å². The van der Waals surface area contributed by atoms with E-state index in [0.29, 0.717) is 18.2 Å². The summed E-state index contributed by atoms with van der Waals surface area (Å²) in [4.78, 5) is 10.1. The van der Waals surface area contributed by atoms with Gasteiger partial charge in [-0.1, -0.05) is 0 Å². The van der Waals surface area contributed by atoms with Gasteiger partial charge in [0.25, 0.3) is 0 Å². The maximum Gasteiger partial charge on any atom is 0.115 e. The summed E-state index contributed by atoms with van der Waals surface area (Å²) in [6, 6.07) is 0.473. The van der Waals surface area contributed by atoms with Crippen LogP contribution in [0.15, 0.2) is 18.7 Å². The molecule has 1 aliphatic heterocycles. The minimum absolute atomic E-state index is 0.197. The summed E-state index contributed by atoms with van der Waals surface area (Å²) in [5.74, 6) is 0. The summed E-state index contributed by atoms with van der Waals surface area (Å²) < 4.78 is 5.63. The van der Waals surface area contributed by atoms with Gasteiger partial charge in [0.15, 0.2) is 0 Å². The molecule has 0 amide bonds. The van der Waals surface area contributed by atoms with Crippen LogP contribution < -0.4 is 0 Å². The highest BCUT2D eigenvalue weighted by atomic mass is 16.5. The minimum atomic E-state index is -0.655. The van der Waals surface area contributed by atoms with E-state index in [1.54, 1.807) is 12.4 Å². The molecule has 0 saturated carbocycles. The highest BCUT2D eigenvalue weighted by molar-refractivity contribution is 5.09. The van der Waals surface area contributed by atoms with Gasteiger partial charge in [-0.3, -0.25) is 4.90 Å². The molecule has 94 valence electrons. The normalized spacial score (nSPS) is 23.9. The highest BCUT2D eigenvalue weighted by Gasteiger charge is 2.29. The zero-order chi connectivity index (χ0) is 12.3. The van der Waals surface area contributed by atoms with Crippen LogP contribution in [0.1, 0.15) is 25.5 Å². The van der Waals surface area contributed by atoms with Crippen LogP contribution in [0.5, 0.6) is 0 Å². The number of rotatable bonds is 3. The Morgan fingerprint density at radius 3 is 2.76 bits per heavy atom. The van der Waals surface area contributed by atoms with E-state index < -0.39 is 6.10 Å². The molecule has 0 aromatic carbocycles.